The van der Waals surface area contributed by atoms with Crippen molar-refractivity contribution in [2.45, 2.75) is 51.9 Å². The molecule has 1 aliphatic carbocycles. The van der Waals surface area contributed by atoms with Crippen molar-refractivity contribution < 1.29 is 14.4 Å². The summed E-state index contributed by atoms with van der Waals surface area (Å²) in [5, 5.41) is 5.12. The summed E-state index contributed by atoms with van der Waals surface area (Å²) in [6.07, 6.45) is 3.48. The van der Waals surface area contributed by atoms with E-state index in [1.54, 1.807) is 0 Å². The fourth-order valence-electron chi connectivity index (χ4n) is 3.36. The minimum Gasteiger partial charge on any atom is -0.300 e. The molecule has 1 aromatic rings. The molecule has 2 atom stereocenters. The number of rotatable bonds is 3. The van der Waals surface area contributed by atoms with Gasteiger partial charge in [0.25, 0.3) is 0 Å². The number of anilines is 1. The average Bonchev–Trinajstić information content (AvgIpc) is 3.07. The van der Waals surface area contributed by atoms with Gasteiger partial charge in [-0.1, -0.05) is 33.6 Å². The topological polar surface area (TPSA) is 79.4 Å². The van der Waals surface area contributed by atoms with Crippen LogP contribution in [0.4, 0.5) is 5.13 Å². The molecule has 0 radical (unpaired) electrons. The van der Waals surface area contributed by atoms with E-state index in [1.807, 2.05) is 5.38 Å². The molecule has 0 unspecified atom stereocenters. The third-order valence-electron chi connectivity index (χ3n) is 4.75. The Kier molecular flexibility index (Phi) is 4.46. The third kappa shape index (κ3) is 3.22. The molecule has 1 N–H and O–H groups in total. The maximum Gasteiger partial charge on any atom is 0.246 e. The van der Waals surface area contributed by atoms with Crippen LogP contribution in [-0.4, -0.2) is 34.2 Å². The first-order chi connectivity index (χ1) is 11.3. The Labute approximate surface area is 145 Å². The molecule has 0 aromatic carbocycles. The number of hydrogen-bond acceptors (Lipinski definition) is 5. The summed E-state index contributed by atoms with van der Waals surface area (Å²) in [5.41, 5.74) is 0.818. The molecule has 7 heteroatoms. The van der Waals surface area contributed by atoms with E-state index in [9.17, 15) is 14.4 Å². The van der Waals surface area contributed by atoms with E-state index in [2.05, 4.69) is 31.1 Å². The van der Waals surface area contributed by atoms with Gasteiger partial charge in [0.15, 0.2) is 5.13 Å². The van der Waals surface area contributed by atoms with E-state index in [1.165, 1.54) is 11.3 Å². The van der Waals surface area contributed by atoms with Crippen molar-refractivity contribution in [2.24, 2.45) is 11.8 Å². The smallest absolute Gasteiger partial charge is 0.246 e. The highest BCUT2D eigenvalue weighted by atomic mass is 32.1. The van der Waals surface area contributed by atoms with Crippen molar-refractivity contribution in [3.8, 4) is 0 Å². The molecule has 2 heterocycles. The number of carbonyl (C=O) groups is 3. The van der Waals surface area contributed by atoms with Crippen molar-refractivity contribution in [1.82, 2.24) is 9.88 Å². The molecule has 1 aromatic heterocycles. The van der Waals surface area contributed by atoms with Gasteiger partial charge >= 0.3 is 0 Å². The molecule has 24 heavy (non-hydrogen) atoms. The lowest BCUT2D eigenvalue weighted by Gasteiger charge is -2.19. The summed E-state index contributed by atoms with van der Waals surface area (Å²) in [7, 11) is 0. The van der Waals surface area contributed by atoms with Crippen molar-refractivity contribution in [3.05, 3.63) is 11.1 Å². The van der Waals surface area contributed by atoms with Gasteiger partial charge in [0, 0.05) is 10.8 Å². The van der Waals surface area contributed by atoms with Crippen molar-refractivity contribution in [2.75, 3.05) is 11.9 Å². The third-order valence-corrected chi connectivity index (χ3v) is 5.51. The van der Waals surface area contributed by atoms with Gasteiger partial charge in [-0.15, -0.1) is 11.3 Å². The Bertz CT molecular complexity index is 653. The summed E-state index contributed by atoms with van der Waals surface area (Å²) in [5.74, 6) is -1.17. The number of hydrogen-bond donors (Lipinski definition) is 1. The first kappa shape index (κ1) is 17.1. The Morgan fingerprint density at radius 2 is 1.83 bits per heavy atom. The van der Waals surface area contributed by atoms with Crippen LogP contribution in [0.2, 0.25) is 0 Å². The molecule has 1 saturated heterocycles. The van der Waals surface area contributed by atoms with Crippen molar-refractivity contribution >= 4 is 34.2 Å². The molecule has 130 valence electrons. The Balaban J connectivity index is 1.63. The number of thiazole rings is 1. The van der Waals surface area contributed by atoms with Crippen LogP contribution in [0.15, 0.2) is 5.38 Å². The molecule has 3 rings (SSSR count). The maximum absolute atomic E-state index is 12.4. The second-order valence-corrected chi connectivity index (χ2v) is 8.45. The predicted octanol–water partition coefficient (Wildman–Crippen LogP) is 2.55. The van der Waals surface area contributed by atoms with Gasteiger partial charge in [0.05, 0.1) is 17.5 Å². The van der Waals surface area contributed by atoms with Crippen LogP contribution in [0.3, 0.4) is 0 Å². The molecule has 0 bridgehead atoms. The fraction of sp³-hybridized carbons (Fsp3) is 0.647. The van der Waals surface area contributed by atoms with Crippen LogP contribution in [-0.2, 0) is 19.8 Å². The Hall–Kier alpha value is -1.76. The summed E-state index contributed by atoms with van der Waals surface area (Å²) >= 11 is 1.35. The lowest BCUT2D eigenvalue weighted by Crippen LogP contribution is -2.38. The van der Waals surface area contributed by atoms with Crippen molar-refractivity contribution in [3.63, 3.8) is 0 Å². The van der Waals surface area contributed by atoms with Crippen LogP contribution >= 0.6 is 11.3 Å². The summed E-state index contributed by atoms with van der Waals surface area (Å²) in [4.78, 5) is 42.5. The lowest BCUT2D eigenvalue weighted by atomic mass is 9.81. The van der Waals surface area contributed by atoms with Gasteiger partial charge in [-0.25, -0.2) is 4.98 Å². The number of nitrogens with one attached hydrogen (secondary N) is 1. The molecule has 0 spiro atoms. The number of likely N-dealkylation sites (tertiary alicyclic amines) is 1. The lowest BCUT2D eigenvalue weighted by molar-refractivity contribution is -0.142. The van der Waals surface area contributed by atoms with E-state index in [0.29, 0.717) is 5.13 Å². The number of carbonyl (C=O) groups excluding carboxylic acids is 3. The minimum absolute atomic E-state index is 0.0872. The highest BCUT2D eigenvalue weighted by molar-refractivity contribution is 7.13. The summed E-state index contributed by atoms with van der Waals surface area (Å²) in [6.45, 7) is 5.94. The van der Waals surface area contributed by atoms with E-state index in [4.69, 9.17) is 0 Å². The summed E-state index contributed by atoms with van der Waals surface area (Å²) < 4.78 is 0. The molecular weight excluding hydrogens is 326 g/mol. The Morgan fingerprint density at radius 1 is 1.25 bits per heavy atom. The van der Waals surface area contributed by atoms with Gasteiger partial charge in [0.2, 0.25) is 17.7 Å². The van der Waals surface area contributed by atoms with Crippen LogP contribution in [0.25, 0.3) is 0 Å². The molecular formula is C17H23N3O3S. The highest BCUT2D eigenvalue weighted by Crippen LogP contribution is 2.37. The standard InChI is InChI=1S/C17H23N3O3S/c1-17(2,3)12-9-24-16(18-12)19-13(21)8-20-14(22)10-6-4-5-7-11(10)15(20)23/h9-11H,4-8H2,1-3H3,(H,18,19,21)/t10-,11-/m0/s1. The summed E-state index contributed by atoms with van der Waals surface area (Å²) in [6, 6.07) is 0. The average molecular weight is 349 g/mol. The van der Waals surface area contributed by atoms with E-state index in [-0.39, 0.29) is 41.5 Å². The molecule has 6 nitrogen and oxygen atoms in total. The zero-order valence-electron chi connectivity index (χ0n) is 14.3. The van der Waals surface area contributed by atoms with E-state index >= 15 is 0 Å². The van der Waals surface area contributed by atoms with E-state index in [0.717, 1.165) is 36.3 Å². The SMILES string of the molecule is CC(C)(C)c1csc(NC(=O)CN2C(=O)[C@H]3CCCC[C@@H]3C2=O)n1. The van der Waals surface area contributed by atoms with Gasteiger partial charge in [-0.05, 0) is 12.8 Å². The van der Waals surface area contributed by atoms with Gasteiger partial charge < -0.3 is 5.32 Å². The molecule has 1 saturated carbocycles. The minimum atomic E-state index is -0.370. The van der Waals surface area contributed by atoms with Gasteiger partial charge in [-0.2, -0.15) is 0 Å². The van der Waals surface area contributed by atoms with Crippen molar-refractivity contribution in [1.29, 1.82) is 0 Å². The van der Waals surface area contributed by atoms with Crippen LogP contribution in [0, 0.1) is 11.8 Å². The monoisotopic (exact) mass is 349 g/mol. The number of imide groups is 1. The van der Waals surface area contributed by atoms with Gasteiger partial charge in [-0.3, -0.25) is 19.3 Å². The zero-order chi connectivity index (χ0) is 17.5. The van der Waals surface area contributed by atoms with Crippen LogP contribution in [0.1, 0.15) is 52.1 Å². The zero-order valence-corrected chi connectivity index (χ0v) is 15.1. The predicted molar refractivity (Wildman–Crippen MR) is 91.6 cm³/mol. The second-order valence-electron chi connectivity index (χ2n) is 7.60. The number of nitrogens with zero attached hydrogens (tertiary/aromatic N) is 2. The first-order valence-corrected chi connectivity index (χ1v) is 9.26. The first-order valence-electron chi connectivity index (χ1n) is 8.38. The largest absolute Gasteiger partial charge is 0.300 e. The molecule has 3 amide bonds. The fourth-order valence-corrected chi connectivity index (χ4v) is 4.32. The normalized spacial score (nSPS) is 24.2. The van der Waals surface area contributed by atoms with Crippen LogP contribution < -0.4 is 5.32 Å². The number of amides is 3. The second kappa shape index (κ2) is 6.27. The number of aromatic nitrogens is 1. The maximum atomic E-state index is 12.4. The quantitative estimate of drug-likeness (QED) is 0.851. The van der Waals surface area contributed by atoms with E-state index < -0.39 is 0 Å². The highest BCUT2D eigenvalue weighted by Gasteiger charge is 2.48. The van der Waals surface area contributed by atoms with Gasteiger partial charge in [0.1, 0.15) is 6.54 Å². The molecule has 2 fully saturated rings. The molecule has 1 aliphatic heterocycles. The molecule has 2 aliphatic rings. The van der Waals surface area contributed by atoms with Crippen LogP contribution in [0.5, 0.6) is 0 Å². The number of fused-ring (bicyclic) bond motifs is 1. The Morgan fingerprint density at radius 3 is 2.33 bits per heavy atom.